The van der Waals surface area contributed by atoms with E-state index in [0.29, 0.717) is 17.4 Å². The minimum absolute atomic E-state index is 0.136. The Kier molecular flexibility index (Phi) is 3.44. The highest BCUT2D eigenvalue weighted by molar-refractivity contribution is 7.15. The van der Waals surface area contributed by atoms with Crippen LogP contribution in [0, 0.1) is 11.6 Å². The van der Waals surface area contributed by atoms with Crippen LogP contribution in [0.25, 0.3) is 0 Å². The maximum absolute atomic E-state index is 13.3. The summed E-state index contributed by atoms with van der Waals surface area (Å²) < 4.78 is 30.9. The van der Waals surface area contributed by atoms with Crippen molar-refractivity contribution in [3.8, 4) is 10.9 Å². The van der Waals surface area contributed by atoms with Gasteiger partial charge < -0.3 is 9.84 Å². The average Bonchev–Trinajstić information content (AvgIpc) is 2.64. The lowest BCUT2D eigenvalue weighted by atomic mass is 10.3. The van der Waals surface area contributed by atoms with E-state index >= 15 is 0 Å². The van der Waals surface area contributed by atoms with Crippen LogP contribution in [0.1, 0.15) is 9.67 Å². The molecule has 0 bridgehead atoms. The second-order valence-corrected chi connectivity index (χ2v) is 4.40. The van der Waals surface area contributed by atoms with Crippen molar-refractivity contribution in [3.63, 3.8) is 0 Å². The quantitative estimate of drug-likeness (QED) is 0.939. The summed E-state index contributed by atoms with van der Waals surface area (Å²) in [4.78, 5) is 14.1. The van der Waals surface area contributed by atoms with Gasteiger partial charge in [-0.05, 0) is 12.1 Å². The minimum atomic E-state index is -1.26. The van der Waals surface area contributed by atoms with Gasteiger partial charge in [0, 0.05) is 6.07 Å². The lowest BCUT2D eigenvalue weighted by molar-refractivity contribution is 0.0702. The molecule has 0 fully saturated rings. The molecule has 0 aliphatic carbocycles. The summed E-state index contributed by atoms with van der Waals surface area (Å²) in [6, 6.07) is 2.72. The van der Waals surface area contributed by atoms with E-state index in [4.69, 9.17) is 21.4 Å². The Morgan fingerprint density at radius 2 is 2.17 bits per heavy atom. The lowest BCUT2D eigenvalue weighted by Gasteiger charge is -2.02. The molecular weight excluding hydrogens is 288 g/mol. The molecule has 0 atom stereocenters. The predicted molar refractivity (Wildman–Crippen MR) is 60.5 cm³/mol. The highest BCUT2D eigenvalue weighted by Gasteiger charge is 2.18. The van der Waals surface area contributed by atoms with Gasteiger partial charge in [0.15, 0.2) is 21.6 Å². The lowest BCUT2D eigenvalue weighted by Crippen LogP contribution is -1.91. The van der Waals surface area contributed by atoms with Gasteiger partial charge in [-0.3, -0.25) is 0 Å². The number of thiazole rings is 1. The fourth-order valence-corrected chi connectivity index (χ4v) is 2.09. The molecule has 1 aromatic heterocycles. The molecule has 0 saturated heterocycles. The smallest absolute Gasteiger partial charge is 0.349 e. The molecule has 1 aromatic carbocycles. The number of hydrogen-bond donors (Lipinski definition) is 1. The van der Waals surface area contributed by atoms with E-state index in [1.807, 2.05) is 0 Å². The molecule has 0 aliphatic rings. The van der Waals surface area contributed by atoms with Crippen molar-refractivity contribution in [1.29, 1.82) is 0 Å². The van der Waals surface area contributed by atoms with Gasteiger partial charge in [-0.25, -0.2) is 13.6 Å². The molecule has 18 heavy (non-hydrogen) atoms. The Bertz CT molecular complexity index is 617. The van der Waals surface area contributed by atoms with Gasteiger partial charge in [0.2, 0.25) is 0 Å². The number of carboxylic acid groups (broad SMARTS) is 1. The largest absolute Gasteiger partial charge is 0.477 e. The molecule has 8 heteroatoms. The zero-order chi connectivity index (χ0) is 13.3. The van der Waals surface area contributed by atoms with Crippen LogP contribution in [0.5, 0.6) is 10.9 Å². The maximum atomic E-state index is 13.3. The molecule has 0 saturated carbocycles. The molecule has 0 aliphatic heterocycles. The van der Waals surface area contributed by atoms with Crippen LogP contribution in [0.4, 0.5) is 8.78 Å². The number of nitrogens with zero attached hydrogens (tertiary/aromatic N) is 1. The van der Waals surface area contributed by atoms with E-state index in [-0.39, 0.29) is 21.0 Å². The number of hydrogen-bond acceptors (Lipinski definition) is 4. The summed E-state index contributed by atoms with van der Waals surface area (Å²) in [7, 11) is 0. The summed E-state index contributed by atoms with van der Waals surface area (Å²) in [5.41, 5.74) is 0. The summed E-state index contributed by atoms with van der Waals surface area (Å²) in [5, 5.41) is 8.36. The Morgan fingerprint density at radius 1 is 1.44 bits per heavy atom. The first kappa shape index (κ1) is 12.7. The van der Waals surface area contributed by atoms with Crippen molar-refractivity contribution in [2.24, 2.45) is 0 Å². The predicted octanol–water partition coefficient (Wildman–Crippen LogP) is 3.57. The van der Waals surface area contributed by atoms with E-state index in [0.717, 1.165) is 12.1 Å². The second kappa shape index (κ2) is 4.87. The van der Waals surface area contributed by atoms with Gasteiger partial charge >= 0.3 is 5.97 Å². The average molecular weight is 292 g/mol. The van der Waals surface area contributed by atoms with Crippen molar-refractivity contribution in [2.45, 2.75) is 0 Å². The number of ether oxygens (including phenoxy) is 1. The molecular formula is C10H4ClF2NO3S. The number of carboxylic acids is 1. The van der Waals surface area contributed by atoms with Gasteiger partial charge in [0.25, 0.3) is 5.19 Å². The van der Waals surface area contributed by atoms with Crippen LogP contribution >= 0.6 is 22.9 Å². The molecule has 0 radical (unpaired) electrons. The van der Waals surface area contributed by atoms with Gasteiger partial charge in [-0.1, -0.05) is 22.9 Å². The SMILES string of the molecule is O=C(O)c1sc(Oc2ccc(F)cc2F)nc1Cl. The summed E-state index contributed by atoms with van der Waals surface area (Å²) in [5.74, 6) is -3.19. The van der Waals surface area contributed by atoms with Crippen molar-refractivity contribution in [1.82, 2.24) is 4.98 Å². The Labute approximate surface area is 108 Å². The number of aromatic carboxylic acids is 1. The fourth-order valence-electron chi connectivity index (χ4n) is 1.11. The van der Waals surface area contributed by atoms with Gasteiger partial charge in [-0.15, -0.1) is 0 Å². The highest BCUT2D eigenvalue weighted by Crippen LogP contribution is 2.33. The van der Waals surface area contributed by atoms with Gasteiger partial charge in [-0.2, -0.15) is 4.98 Å². The molecule has 0 spiro atoms. The molecule has 94 valence electrons. The third kappa shape index (κ3) is 2.57. The van der Waals surface area contributed by atoms with Crippen LogP contribution in [0.3, 0.4) is 0 Å². The first-order valence-corrected chi connectivity index (χ1v) is 5.69. The topological polar surface area (TPSA) is 59.4 Å². The summed E-state index contributed by atoms with van der Waals surface area (Å²) >= 11 is 6.21. The third-order valence-electron chi connectivity index (χ3n) is 1.85. The van der Waals surface area contributed by atoms with Crippen LogP contribution < -0.4 is 4.74 Å². The molecule has 2 aromatic rings. The van der Waals surface area contributed by atoms with Crippen molar-refractivity contribution in [2.75, 3.05) is 0 Å². The Balaban J connectivity index is 2.29. The maximum Gasteiger partial charge on any atom is 0.349 e. The fraction of sp³-hybridized carbons (Fsp3) is 0. The first-order chi connectivity index (χ1) is 8.47. The van der Waals surface area contributed by atoms with Crippen LogP contribution in [0.15, 0.2) is 18.2 Å². The molecule has 0 unspecified atom stereocenters. The van der Waals surface area contributed by atoms with E-state index in [1.54, 1.807) is 0 Å². The number of carbonyl (C=O) groups is 1. The zero-order valence-electron chi connectivity index (χ0n) is 8.49. The molecule has 1 heterocycles. The molecule has 0 amide bonds. The second-order valence-electron chi connectivity index (χ2n) is 3.08. The molecule has 2 rings (SSSR count). The van der Waals surface area contributed by atoms with Crippen LogP contribution in [-0.2, 0) is 0 Å². The highest BCUT2D eigenvalue weighted by atomic mass is 35.5. The minimum Gasteiger partial charge on any atom is -0.477 e. The van der Waals surface area contributed by atoms with Crippen molar-refractivity contribution >= 4 is 28.9 Å². The van der Waals surface area contributed by atoms with Crippen LogP contribution in [0.2, 0.25) is 5.15 Å². The van der Waals surface area contributed by atoms with E-state index < -0.39 is 17.6 Å². The summed E-state index contributed by atoms with van der Waals surface area (Å²) in [6.45, 7) is 0. The zero-order valence-corrected chi connectivity index (χ0v) is 10.1. The van der Waals surface area contributed by atoms with Crippen molar-refractivity contribution in [3.05, 3.63) is 39.9 Å². The van der Waals surface area contributed by atoms with Crippen LogP contribution in [-0.4, -0.2) is 16.1 Å². The molecule has 4 nitrogen and oxygen atoms in total. The van der Waals surface area contributed by atoms with E-state index in [9.17, 15) is 13.6 Å². The van der Waals surface area contributed by atoms with Gasteiger partial charge in [0.05, 0.1) is 0 Å². The number of halogens is 3. The first-order valence-electron chi connectivity index (χ1n) is 4.50. The normalized spacial score (nSPS) is 10.4. The standard InChI is InChI=1S/C10H4ClF2NO3S/c11-8-7(9(15)16)18-10(14-8)17-6-2-1-4(12)3-5(6)13/h1-3H,(H,15,16). The Morgan fingerprint density at radius 3 is 2.72 bits per heavy atom. The summed E-state index contributed by atoms with van der Waals surface area (Å²) in [6.07, 6.45) is 0. The number of benzene rings is 1. The third-order valence-corrected chi connectivity index (χ3v) is 3.16. The van der Waals surface area contributed by atoms with Gasteiger partial charge in [0.1, 0.15) is 5.82 Å². The number of rotatable bonds is 3. The Hall–Kier alpha value is -1.73. The monoisotopic (exact) mass is 291 g/mol. The van der Waals surface area contributed by atoms with Crippen molar-refractivity contribution < 1.29 is 23.4 Å². The van der Waals surface area contributed by atoms with E-state index in [2.05, 4.69) is 4.98 Å². The van der Waals surface area contributed by atoms with E-state index in [1.165, 1.54) is 0 Å². The molecule has 1 N–H and O–H groups in total. The number of aromatic nitrogens is 1.